The fraction of sp³-hybridized carbons (Fsp3) is 0.238. The quantitative estimate of drug-likeness (QED) is 0.665. The summed E-state index contributed by atoms with van der Waals surface area (Å²) >= 11 is 1.52. The van der Waals surface area contributed by atoms with Gasteiger partial charge in [0, 0.05) is 35.2 Å². The van der Waals surface area contributed by atoms with Gasteiger partial charge < -0.3 is 4.90 Å². The molecule has 4 nitrogen and oxygen atoms in total. The summed E-state index contributed by atoms with van der Waals surface area (Å²) in [5.74, 6) is -0.824. The van der Waals surface area contributed by atoms with Gasteiger partial charge in [-0.2, -0.15) is 16.9 Å². The maximum absolute atomic E-state index is 14.1. The number of amides is 1. The minimum atomic E-state index is -0.468. The van der Waals surface area contributed by atoms with Crippen LogP contribution in [0.5, 0.6) is 0 Å². The molecule has 1 N–H and O–H groups in total. The first kappa shape index (κ1) is 19.6. The lowest BCUT2D eigenvalue weighted by atomic mass is 10.1. The molecule has 2 aromatic carbocycles. The zero-order chi connectivity index (χ0) is 20.4. The summed E-state index contributed by atoms with van der Waals surface area (Å²) in [5, 5.41) is 6.68. The first-order valence-corrected chi connectivity index (χ1v) is 10.2. The first-order valence-electron chi connectivity index (χ1n) is 9.18. The highest BCUT2D eigenvalue weighted by Gasteiger charge is 2.26. The van der Waals surface area contributed by atoms with Gasteiger partial charge in [0.05, 0.1) is 5.69 Å². The number of carbonyl (C=O) groups is 1. The van der Waals surface area contributed by atoms with Gasteiger partial charge in [0.2, 0.25) is 0 Å². The molecule has 0 aliphatic carbocycles. The van der Waals surface area contributed by atoms with E-state index in [4.69, 9.17) is 0 Å². The van der Waals surface area contributed by atoms with Gasteiger partial charge in [0.15, 0.2) is 0 Å². The standard InChI is InChI=1S/C21H18F3N3OS/c22-14-3-1-13(2-4-14)18-12-19(26-25-18)21(28)27-8-7-20(29-10-9-27)16-11-15(23)5-6-17(16)24/h1-6,11-12,20H,7-10H2,(H,25,26)/t20-/m1/s1. The highest BCUT2D eigenvalue weighted by molar-refractivity contribution is 7.99. The van der Waals surface area contributed by atoms with Gasteiger partial charge in [-0.25, -0.2) is 13.2 Å². The van der Waals surface area contributed by atoms with Gasteiger partial charge in [-0.3, -0.25) is 9.89 Å². The second-order valence-electron chi connectivity index (χ2n) is 6.78. The number of halogens is 3. The van der Waals surface area contributed by atoms with Crippen LogP contribution < -0.4 is 0 Å². The lowest BCUT2D eigenvalue weighted by Gasteiger charge is -2.19. The van der Waals surface area contributed by atoms with Gasteiger partial charge in [-0.1, -0.05) is 0 Å². The van der Waals surface area contributed by atoms with E-state index in [1.165, 1.54) is 30.0 Å². The molecule has 0 saturated carbocycles. The van der Waals surface area contributed by atoms with Crippen LogP contribution in [-0.4, -0.2) is 39.8 Å². The van der Waals surface area contributed by atoms with E-state index in [1.54, 1.807) is 23.1 Å². The molecule has 8 heteroatoms. The molecule has 4 rings (SSSR count). The van der Waals surface area contributed by atoms with E-state index in [2.05, 4.69) is 10.2 Å². The summed E-state index contributed by atoms with van der Waals surface area (Å²) < 4.78 is 40.7. The van der Waals surface area contributed by atoms with Crippen LogP contribution in [-0.2, 0) is 0 Å². The molecule has 3 aromatic rings. The van der Waals surface area contributed by atoms with E-state index in [-0.39, 0.29) is 17.0 Å². The molecule has 0 unspecified atom stereocenters. The topological polar surface area (TPSA) is 49.0 Å². The molecule has 1 aromatic heterocycles. The van der Waals surface area contributed by atoms with Crippen LogP contribution in [0.25, 0.3) is 11.3 Å². The molecule has 1 atom stereocenters. The number of benzene rings is 2. The largest absolute Gasteiger partial charge is 0.336 e. The smallest absolute Gasteiger partial charge is 0.271 e. The number of carbonyl (C=O) groups excluding carboxylic acids is 1. The number of H-pyrrole nitrogens is 1. The predicted molar refractivity (Wildman–Crippen MR) is 106 cm³/mol. The van der Waals surface area contributed by atoms with Crippen molar-refractivity contribution in [3.05, 3.63) is 77.2 Å². The van der Waals surface area contributed by atoms with Crippen LogP contribution in [0.2, 0.25) is 0 Å². The lowest BCUT2D eigenvalue weighted by molar-refractivity contribution is 0.0760. The average molecular weight is 417 g/mol. The number of nitrogens with one attached hydrogen (secondary N) is 1. The minimum absolute atomic E-state index is 0.202. The van der Waals surface area contributed by atoms with Crippen molar-refractivity contribution < 1.29 is 18.0 Å². The molecule has 1 aliphatic heterocycles. The zero-order valence-electron chi connectivity index (χ0n) is 15.4. The van der Waals surface area contributed by atoms with Crippen LogP contribution >= 0.6 is 11.8 Å². The highest BCUT2D eigenvalue weighted by atomic mass is 32.2. The lowest BCUT2D eigenvalue weighted by Crippen LogP contribution is -2.33. The van der Waals surface area contributed by atoms with Crippen molar-refractivity contribution in [2.24, 2.45) is 0 Å². The van der Waals surface area contributed by atoms with Gasteiger partial charge in [0.25, 0.3) is 5.91 Å². The first-order chi connectivity index (χ1) is 14.0. The van der Waals surface area contributed by atoms with Crippen LogP contribution in [0, 0.1) is 17.5 Å². The van der Waals surface area contributed by atoms with Crippen molar-refractivity contribution in [2.45, 2.75) is 11.7 Å². The van der Waals surface area contributed by atoms with Gasteiger partial charge >= 0.3 is 0 Å². The molecule has 1 saturated heterocycles. The second-order valence-corrected chi connectivity index (χ2v) is 8.09. The summed E-state index contributed by atoms with van der Waals surface area (Å²) in [6, 6.07) is 11.0. The summed E-state index contributed by atoms with van der Waals surface area (Å²) in [4.78, 5) is 14.6. The number of hydrogen-bond donors (Lipinski definition) is 1. The van der Waals surface area contributed by atoms with Crippen molar-refractivity contribution in [1.29, 1.82) is 0 Å². The molecule has 1 aliphatic rings. The fourth-order valence-electron chi connectivity index (χ4n) is 3.35. The monoisotopic (exact) mass is 417 g/mol. The Kier molecular flexibility index (Phi) is 5.62. The van der Waals surface area contributed by atoms with Gasteiger partial charge in [-0.05, 0) is 55.0 Å². The van der Waals surface area contributed by atoms with E-state index < -0.39 is 11.6 Å². The molecule has 1 fully saturated rings. The second kappa shape index (κ2) is 8.32. The Bertz CT molecular complexity index is 1020. The summed E-state index contributed by atoms with van der Waals surface area (Å²) in [7, 11) is 0. The van der Waals surface area contributed by atoms with Gasteiger partial charge in [-0.15, -0.1) is 0 Å². The van der Waals surface area contributed by atoms with Crippen molar-refractivity contribution in [2.75, 3.05) is 18.8 Å². The molecule has 150 valence electrons. The summed E-state index contributed by atoms with van der Waals surface area (Å²) in [5.41, 5.74) is 1.93. The number of rotatable bonds is 3. The van der Waals surface area contributed by atoms with Crippen LogP contribution in [0.15, 0.2) is 48.5 Å². The Hall–Kier alpha value is -2.74. The maximum Gasteiger partial charge on any atom is 0.271 e. The van der Waals surface area contributed by atoms with Gasteiger partial charge in [0.1, 0.15) is 23.1 Å². The summed E-state index contributed by atoms with van der Waals surface area (Å²) in [6.45, 7) is 0.930. The number of hydrogen-bond acceptors (Lipinski definition) is 3. The van der Waals surface area contributed by atoms with E-state index >= 15 is 0 Å². The van der Waals surface area contributed by atoms with E-state index in [1.807, 2.05) is 0 Å². The molecule has 29 heavy (non-hydrogen) atoms. The van der Waals surface area contributed by atoms with Crippen LogP contribution in [0.1, 0.15) is 27.7 Å². The Balaban J connectivity index is 1.46. The predicted octanol–water partition coefficient (Wildman–Crippen LogP) is 4.81. The summed E-state index contributed by atoms with van der Waals surface area (Å²) in [6.07, 6.45) is 0.524. The average Bonchev–Trinajstić information content (AvgIpc) is 3.08. The van der Waals surface area contributed by atoms with E-state index in [0.29, 0.717) is 47.8 Å². The fourth-order valence-corrected chi connectivity index (χ4v) is 4.60. The SMILES string of the molecule is O=C(c1cc(-c2ccc(F)cc2)n[nH]1)N1CCS[C@@H](c2cc(F)ccc2F)CC1. The van der Waals surface area contributed by atoms with Crippen LogP contribution in [0.3, 0.4) is 0 Å². The third kappa shape index (κ3) is 4.32. The van der Waals surface area contributed by atoms with Crippen molar-refractivity contribution in [1.82, 2.24) is 15.1 Å². The number of thioether (sulfide) groups is 1. The Labute approximate surface area is 170 Å². The Morgan fingerprint density at radius 2 is 1.79 bits per heavy atom. The molecular formula is C21H18F3N3OS. The highest BCUT2D eigenvalue weighted by Crippen LogP contribution is 2.36. The Morgan fingerprint density at radius 1 is 1.03 bits per heavy atom. The zero-order valence-corrected chi connectivity index (χ0v) is 16.2. The number of nitrogens with zero attached hydrogens (tertiary/aromatic N) is 2. The van der Waals surface area contributed by atoms with E-state index in [9.17, 15) is 18.0 Å². The molecule has 0 bridgehead atoms. The number of aromatic amines is 1. The van der Waals surface area contributed by atoms with Crippen molar-refractivity contribution in [3.8, 4) is 11.3 Å². The molecule has 0 radical (unpaired) electrons. The molecule has 2 heterocycles. The van der Waals surface area contributed by atoms with Crippen LogP contribution in [0.4, 0.5) is 13.2 Å². The maximum atomic E-state index is 14.1. The Morgan fingerprint density at radius 3 is 2.59 bits per heavy atom. The third-order valence-corrected chi connectivity index (χ3v) is 6.19. The number of aromatic nitrogens is 2. The van der Waals surface area contributed by atoms with Crippen molar-refractivity contribution in [3.63, 3.8) is 0 Å². The normalized spacial score (nSPS) is 17.2. The molecule has 0 spiro atoms. The minimum Gasteiger partial charge on any atom is -0.336 e. The van der Waals surface area contributed by atoms with E-state index in [0.717, 1.165) is 12.1 Å². The molecular weight excluding hydrogens is 399 g/mol. The molecule has 1 amide bonds. The third-order valence-electron chi connectivity index (χ3n) is 4.88. The van der Waals surface area contributed by atoms with Crippen molar-refractivity contribution >= 4 is 17.7 Å².